The van der Waals surface area contributed by atoms with E-state index in [1.54, 1.807) is 12.1 Å². The summed E-state index contributed by atoms with van der Waals surface area (Å²) >= 11 is 6.10. The van der Waals surface area contributed by atoms with E-state index in [4.69, 9.17) is 16.3 Å². The van der Waals surface area contributed by atoms with Crippen LogP contribution in [0.3, 0.4) is 0 Å². The number of hydrogen-bond donors (Lipinski definition) is 0. The first-order valence-corrected chi connectivity index (χ1v) is 6.98. The van der Waals surface area contributed by atoms with Crippen molar-refractivity contribution >= 4 is 17.4 Å². The standard InChI is InChI=1S/C17H17ClO2/c1-12(2)20-17-10-6-4-8-14(17)16(19)11-13-7-3-5-9-15(13)18/h3-10,12H,11H2,1-2H3. The maximum absolute atomic E-state index is 12.4. The Labute approximate surface area is 124 Å². The first kappa shape index (κ1) is 14.6. The smallest absolute Gasteiger partial charge is 0.171 e. The molecule has 0 aliphatic carbocycles. The number of Topliss-reactive ketones (excluding diaryl/α,β-unsaturated/α-hetero) is 1. The van der Waals surface area contributed by atoms with E-state index < -0.39 is 0 Å². The summed E-state index contributed by atoms with van der Waals surface area (Å²) in [5.74, 6) is 0.633. The highest BCUT2D eigenvalue weighted by molar-refractivity contribution is 6.31. The molecule has 2 nitrogen and oxygen atoms in total. The molecule has 3 heteroatoms. The van der Waals surface area contributed by atoms with Crippen LogP contribution in [0.15, 0.2) is 48.5 Å². The van der Waals surface area contributed by atoms with Crippen LogP contribution in [0.4, 0.5) is 0 Å². The molecule has 0 atom stereocenters. The Balaban J connectivity index is 2.23. The van der Waals surface area contributed by atoms with Gasteiger partial charge in [0.2, 0.25) is 0 Å². The molecule has 0 heterocycles. The Morgan fingerprint density at radius 1 is 1.10 bits per heavy atom. The highest BCUT2D eigenvalue weighted by Gasteiger charge is 2.14. The van der Waals surface area contributed by atoms with Crippen molar-refractivity contribution in [3.05, 3.63) is 64.7 Å². The number of benzene rings is 2. The number of carbonyl (C=O) groups excluding carboxylic acids is 1. The van der Waals surface area contributed by atoms with Crippen molar-refractivity contribution in [2.75, 3.05) is 0 Å². The van der Waals surface area contributed by atoms with E-state index in [0.717, 1.165) is 5.56 Å². The second kappa shape index (κ2) is 6.58. The van der Waals surface area contributed by atoms with E-state index in [-0.39, 0.29) is 18.3 Å². The molecule has 0 aliphatic heterocycles. The quantitative estimate of drug-likeness (QED) is 0.754. The maximum atomic E-state index is 12.4. The third-order valence-corrected chi connectivity index (χ3v) is 3.23. The lowest BCUT2D eigenvalue weighted by Gasteiger charge is -2.13. The van der Waals surface area contributed by atoms with Crippen LogP contribution >= 0.6 is 11.6 Å². The summed E-state index contributed by atoms with van der Waals surface area (Å²) < 4.78 is 5.68. The fourth-order valence-corrected chi connectivity index (χ4v) is 2.17. The van der Waals surface area contributed by atoms with Crippen LogP contribution in [0.25, 0.3) is 0 Å². The molecule has 0 N–H and O–H groups in total. The monoisotopic (exact) mass is 288 g/mol. The van der Waals surface area contributed by atoms with Crippen LogP contribution in [0.1, 0.15) is 29.8 Å². The Bertz CT molecular complexity index is 605. The summed E-state index contributed by atoms with van der Waals surface area (Å²) in [6.45, 7) is 3.88. The van der Waals surface area contributed by atoms with Gasteiger partial charge in [-0.2, -0.15) is 0 Å². The van der Waals surface area contributed by atoms with Crippen LogP contribution in [0, 0.1) is 0 Å². The summed E-state index contributed by atoms with van der Waals surface area (Å²) in [5.41, 5.74) is 1.43. The molecule has 0 aromatic heterocycles. The molecule has 0 fully saturated rings. The van der Waals surface area contributed by atoms with Gasteiger partial charge in [0.1, 0.15) is 5.75 Å². The molecule has 2 aromatic carbocycles. The Morgan fingerprint density at radius 3 is 2.45 bits per heavy atom. The lowest BCUT2D eigenvalue weighted by Crippen LogP contribution is -2.11. The second-order valence-electron chi connectivity index (χ2n) is 4.85. The molecule has 0 unspecified atom stereocenters. The van der Waals surface area contributed by atoms with Crippen LogP contribution in [0.2, 0.25) is 5.02 Å². The van der Waals surface area contributed by atoms with Gasteiger partial charge < -0.3 is 4.74 Å². The van der Waals surface area contributed by atoms with Crippen LogP contribution in [-0.4, -0.2) is 11.9 Å². The number of rotatable bonds is 5. The zero-order chi connectivity index (χ0) is 14.5. The molecule has 0 amide bonds. The molecule has 0 saturated carbocycles. The van der Waals surface area contributed by atoms with Crippen molar-refractivity contribution in [3.63, 3.8) is 0 Å². The van der Waals surface area contributed by atoms with Gasteiger partial charge in [0.25, 0.3) is 0 Å². The Hall–Kier alpha value is -1.80. The highest BCUT2D eigenvalue weighted by Crippen LogP contribution is 2.23. The van der Waals surface area contributed by atoms with E-state index in [1.807, 2.05) is 50.2 Å². The number of halogens is 1. The van der Waals surface area contributed by atoms with Crippen molar-refractivity contribution in [2.24, 2.45) is 0 Å². The Kier molecular flexibility index (Phi) is 4.80. The average Bonchev–Trinajstić information content (AvgIpc) is 2.41. The molecule has 0 radical (unpaired) electrons. The fraction of sp³-hybridized carbons (Fsp3) is 0.235. The summed E-state index contributed by atoms with van der Waals surface area (Å²) in [6.07, 6.45) is 0.308. The molecule has 0 saturated heterocycles. The highest BCUT2D eigenvalue weighted by atomic mass is 35.5. The second-order valence-corrected chi connectivity index (χ2v) is 5.26. The molecule has 0 bridgehead atoms. The minimum atomic E-state index is 0.00866. The van der Waals surface area contributed by atoms with Crippen molar-refractivity contribution in [1.29, 1.82) is 0 Å². The van der Waals surface area contributed by atoms with Gasteiger partial charge in [0, 0.05) is 11.4 Å². The molecule has 0 spiro atoms. The molecule has 104 valence electrons. The van der Waals surface area contributed by atoms with Gasteiger partial charge in [-0.15, -0.1) is 0 Å². The third-order valence-electron chi connectivity index (χ3n) is 2.86. The normalized spacial score (nSPS) is 10.6. The van der Waals surface area contributed by atoms with E-state index >= 15 is 0 Å². The van der Waals surface area contributed by atoms with Gasteiger partial charge in [-0.25, -0.2) is 0 Å². The lowest BCUT2D eigenvalue weighted by atomic mass is 10.0. The summed E-state index contributed by atoms with van der Waals surface area (Å²) in [7, 11) is 0. The minimum absolute atomic E-state index is 0.00866. The predicted octanol–water partition coefficient (Wildman–Crippen LogP) is 4.55. The zero-order valence-corrected chi connectivity index (χ0v) is 12.4. The largest absolute Gasteiger partial charge is 0.490 e. The molecule has 0 aliphatic rings. The van der Waals surface area contributed by atoms with Gasteiger partial charge >= 0.3 is 0 Å². The van der Waals surface area contributed by atoms with Crippen LogP contribution < -0.4 is 4.74 Å². The molecule has 2 rings (SSSR count). The number of para-hydroxylation sites is 1. The number of carbonyl (C=O) groups is 1. The fourth-order valence-electron chi connectivity index (χ4n) is 1.96. The lowest BCUT2D eigenvalue weighted by molar-refractivity contribution is 0.0987. The SMILES string of the molecule is CC(C)Oc1ccccc1C(=O)Cc1ccccc1Cl. The van der Waals surface area contributed by atoms with Gasteiger partial charge in [0.15, 0.2) is 5.78 Å². The van der Waals surface area contributed by atoms with Crippen LogP contribution in [-0.2, 0) is 6.42 Å². The van der Waals surface area contributed by atoms with E-state index in [9.17, 15) is 4.79 Å². The van der Waals surface area contributed by atoms with Crippen molar-refractivity contribution in [3.8, 4) is 5.75 Å². The van der Waals surface area contributed by atoms with Crippen molar-refractivity contribution in [2.45, 2.75) is 26.4 Å². The summed E-state index contributed by atoms with van der Waals surface area (Å²) in [5, 5.41) is 0.614. The third kappa shape index (κ3) is 3.61. The molecular formula is C17H17ClO2. The Morgan fingerprint density at radius 2 is 1.75 bits per heavy atom. The average molecular weight is 289 g/mol. The van der Waals surface area contributed by atoms with Crippen molar-refractivity contribution in [1.82, 2.24) is 0 Å². The maximum Gasteiger partial charge on any atom is 0.171 e. The van der Waals surface area contributed by atoms with Crippen LogP contribution in [0.5, 0.6) is 5.75 Å². The first-order chi connectivity index (χ1) is 9.58. The van der Waals surface area contributed by atoms with Crippen molar-refractivity contribution < 1.29 is 9.53 Å². The predicted molar refractivity (Wildman–Crippen MR) is 81.7 cm³/mol. The summed E-state index contributed by atoms with van der Waals surface area (Å²) in [4.78, 5) is 12.4. The molecule has 2 aromatic rings. The van der Waals surface area contributed by atoms with Gasteiger partial charge in [-0.05, 0) is 37.6 Å². The molecule has 20 heavy (non-hydrogen) atoms. The van der Waals surface area contributed by atoms with Gasteiger partial charge in [-0.3, -0.25) is 4.79 Å². The van der Waals surface area contributed by atoms with Gasteiger partial charge in [0.05, 0.1) is 11.7 Å². The zero-order valence-electron chi connectivity index (χ0n) is 11.6. The van der Waals surface area contributed by atoms with E-state index in [1.165, 1.54) is 0 Å². The summed E-state index contributed by atoms with van der Waals surface area (Å²) in [6, 6.07) is 14.7. The minimum Gasteiger partial charge on any atom is -0.490 e. The van der Waals surface area contributed by atoms with Gasteiger partial charge in [-0.1, -0.05) is 41.9 Å². The number of ketones is 1. The number of hydrogen-bond acceptors (Lipinski definition) is 2. The number of ether oxygens (including phenoxy) is 1. The van der Waals surface area contributed by atoms with E-state index in [0.29, 0.717) is 16.3 Å². The topological polar surface area (TPSA) is 26.3 Å². The van der Waals surface area contributed by atoms with E-state index in [2.05, 4.69) is 0 Å². The first-order valence-electron chi connectivity index (χ1n) is 6.60. The molecular weight excluding hydrogens is 272 g/mol.